The Bertz CT molecular complexity index is 1020. The molecule has 0 unspecified atom stereocenters. The van der Waals surface area contributed by atoms with Gasteiger partial charge in [-0.3, -0.25) is 4.98 Å². The van der Waals surface area contributed by atoms with Crippen molar-refractivity contribution in [2.75, 3.05) is 5.32 Å². The summed E-state index contributed by atoms with van der Waals surface area (Å²) >= 11 is 6.08. The molecule has 0 atom stereocenters. The second-order valence-electron chi connectivity index (χ2n) is 5.85. The number of aromatic nitrogens is 2. The molecule has 0 aliphatic carbocycles. The summed E-state index contributed by atoms with van der Waals surface area (Å²) in [5, 5.41) is 6.36. The van der Waals surface area contributed by atoms with Gasteiger partial charge in [-0.1, -0.05) is 41.9 Å². The molecular weight excluding hydrogens is 330 g/mol. The number of fused-ring (bicyclic) bond motifs is 1. The smallest absolute Gasteiger partial charge is 0.138 e. The van der Waals surface area contributed by atoms with Crippen LogP contribution in [-0.2, 0) is 6.42 Å². The van der Waals surface area contributed by atoms with Crippen molar-refractivity contribution in [1.82, 2.24) is 9.97 Å². The third-order valence-electron chi connectivity index (χ3n) is 4.11. The minimum atomic E-state index is 0.698. The van der Waals surface area contributed by atoms with Crippen LogP contribution in [0, 0.1) is 0 Å². The Kier molecular flexibility index (Phi) is 4.32. The molecule has 2 aromatic heterocycles. The van der Waals surface area contributed by atoms with Gasteiger partial charge >= 0.3 is 0 Å². The van der Waals surface area contributed by atoms with E-state index in [9.17, 15) is 0 Å². The van der Waals surface area contributed by atoms with E-state index in [1.54, 1.807) is 0 Å². The number of pyridine rings is 2. The van der Waals surface area contributed by atoms with Crippen LogP contribution in [0.5, 0.6) is 0 Å². The molecule has 4 heteroatoms. The van der Waals surface area contributed by atoms with Crippen molar-refractivity contribution in [2.24, 2.45) is 0 Å². The predicted octanol–water partition coefficient (Wildman–Crippen LogP) is 5.62. The average Bonchev–Trinajstić information content (AvgIpc) is 2.65. The first-order valence-corrected chi connectivity index (χ1v) is 8.45. The van der Waals surface area contributed by atoms with Crippen LogP contribution in [0.25, 0.3) is 10.8 Å². The monoisotopic (exact) mass is 345 g/mol. The summed E-state index contributed by atoms with van der Waals surface area (Å²) in [7, 11) is 0. The van der Waals surface area contributed by atoms with Crippen LogP contribution in [0.4, 0.5) is 11.5 Å². The quantitative estimate of drug-likeness (QED) is 0.521. The third-order valence-corrected chi connectivity index (χ3v) is 4.34. The number of benzene rings is 2. The maximum absolute atomic E-state index is 6.08. The number of rotatable bonds is 4. The topological polar surface area (TPSA) is 37.8 Å². The van der Waals surface area contributed by atoms with Gasteiger partial charge in [0.1, 0.15) is 5.82 Å². The Balaban J connectivity index is 1.74. The zero-order valence-electron chi connectivity index (χ0n) is 13.5. The number of hydrogen-bond donors (Lipinski definition) is 1. The highest BCUT2D eigenvalue weighted by Crippen LogP contribution is 2.28. The fourth-order valence-electron chi connectivity index (χ4n) is 2.92. The van der Waals surface area contributed by atoms with E-state index in [-0.39, 0.29) is 0 Å². The van der Waals surface area contributed by atoms with Crippen LogP contribution in [0.2, 0.25) is 5.02 Å². The minimum Gasteiger partial charge on any atom is -0.340 e. The Hall–Kier alpha value is -2.91. The van der Waals surface area contributed by atoms with Crippen LogP contribution < -0.4 is 5.32 Å². The van der Waals surface area contributed by atoms with E-state index < -0.39 is 0 Å². The number of hydrogen-bond acceptors (Lipinski definition) is 3. The summed E-state index contributed by atoms with van der Waals surface area (Å²) in [6.45, 7) is 0. The molecule has 25 heavy (non-hydrogen) atoms. The fraction of sp³-hybridized carbons (Fsp3) is 0.0476. The average molecular weight is 346 g/mol. The van der Waals surface area contributed by atoms with Crippen molar-refractivity contribution >= 4 is 33.9 Å². The molecule has 0 aliphatic rings. The van der Waals surface area contributed by atoms with Crippen LogP contribution in [-0.4, -0.2) is 9.97 Å². The van der Waals surface area contributed by atoms with Gasteiger partial charge in [-0.2, -0.15) is 0 Å². The molecule has 122 valence electrons. The Morgan fingerprint density at radius 2 is 1.68 bits per heavy atom. The molecule has 0 amide bonds. The van der Waals surface area contributed by atoms with Gasteiger partial charge in [0.2, 0.25) is 0 Å². The van der Waals surface area contributed by atoms with Crippen molar-refractivity contribution in [3.63, 3.8) is 0 Å². The lowest BCUT2D eigenvalue weighted by molar-refractivity contribution is 1.15. The SMILES string of the molecule is Clc1cccc(Nc2ncc(Cc3ccncc3)c3ccccc23)c1. The third kappa shape index (κ3) is 3.47. The highest BCUT2D eigenvalue weighted by Gasteiger charge is 2.08. The van der Waals surface area contributed by atoms with Gasteiger partial charge in [0.25, 0.3) is 0 Å². The number of halogens is 1. The molecule has 4 aromatic rings. The standard InChI is InChI=1S/C21H16ClN3/c22-17-4-3-5-18(13-17)25-21-20-7-2-1-6-19(20)16(14-24-21)12-15-8-10-23-11-9-15/h1-11,13-14H,12H2,(H,24,25). The van der Waals surface area contributed by atoms with E-state index in [0.717, 1.165) is 23.3 Å². The van der Waals surface area contributed by atoms with Crippen molar-refractivity contribution in [2.45, 2.75) is 6.42 Å². The predicted molar refractivity (Wildman–Crippen MR) is 104 cm³/mol. The van der Waals surface area contributed by atoms with Crippen molar-refractivity contribution in [1.29, 1.82) is 0 Å². The van der Waals surface area contributed by atoms with Gasteiger partial charge in [0.05, 0.1) is 0 Å². The number of nitrogens with one attached hydrogen (secondary N) is 1. The maximum Gasteiger partial charge on any atom is 0.138 e. The zero-order valence-corrected chi connectivity index (χ0v) is 14.2. The molecule has 0 spiro atoms. The minimum absolute atomic E-state index is 0.698. The van der Waals surface area contributed by atoms with Gasteiger partial charge in [0.15, 0.2) is 0 Å². The van der Waals surface area contributed by atoms with Crippen molar-refractivity contribution in [3.8, 4) is 0 Å². The van der Waals surface area contributed by atoms with Crippen LogP contribution >= 0.6 is 11.6 Å². The lowest BCUT2D eigenvalue weighted by Gasteiger charge is -2.12. The summed E-state index contributed by atoms with van der Waals surface area (Å²) in [4.78, 5) is 8.74. The van der Waals surface area contributed by atoms with Crippen LogP contribution in [0.15, 0.2) is 79.3 Å². The molecule has 4 rings (SSSR count). The summed E-state index contributed by atoms with van der Waals surface area (Å²) in [5.41, 5.74) is 3.34. The van der Waals surface area contributed by atoms with Crippen molar-refractivity contribution in [3.05, 3.63) is 95.4 Å². The molecule has 0 saturated carbocycles. The van der Waals surface area contributed by atoms with Gasteiger partial charge in [-0.05, 0) is 53.3 Å². The number of nitrogens with zero attached hydrogens (tertiary/aromatic N) is 2. The summed E-state index contributed by atoms with van der Waals surface area (Å²) in [6.07, 6.45) is 6.41. The van der Waals surface area contributed by atoms with Crippen LogP contribution in [0.1, 0.15) is 11.1 Å². The van der Waals surface area contributed by atoms with E-state index in [2.05, 4.69) is 33.5 Å². The molecule has 0 radical (unpaired) electrons. The zero-order chi connectivity index (χ0) is 17.1. The van der Waals surface area contributed by atoms with Gasteiger partial charge in [-0.25, -0.2) is 4.98 Å². The highest BCUT2D eigenvalue weighted by molar-refractivity contribution is 6.30. The second-order valence-corrected chi connectivity index (χ2v) is 6.28. The van der Waals surface area contributed by atoms with E-state index in [4.69, 9.17) is 11.6 Å². The first kappa shape index (κ1) is 15.6. The molecule has 2 aromatic carbocycles. The maximum atomic E-state index is 6.08. The van der Waals surface area contributed by atoms with Gasteiger partial charge in [0, 0.05) is 34.7 Å². The second kappa shape index (κ2) is 6.91. The molecule has 0 fully saturated rings. The Morgan fingerprint density at radius 3 is 2.48 bits per heavy atom. The molecule has 2 heterocycles. The molecule has 0 saturated heterocycles. The first-order valence-electron chi connectivity index (χ1n) is 8.08. The van der Waals surface area contributed by atoms with Crippen LogP contribution in [0.3, 0.4) is 0 Å². The normalized spacial score (nSPS) is 10.8. The summed E-state index contributed by atoms with van der Waals surface area (Å²) in [5.74, 6) is 0.830. The van der Waals surface area contributed by atoms with Crippen molar-refractivity contribution < 1.29 is 0 Å². The molecule has 0 aliphatic heterocycles. The largest absolute Gasteiger partial charge is 0.340 e. The lowest BCUT2D eigenvalue weighted by Crippen LogP contribution is -1.98. The Morgan fingerprint density at radius 1 is 0.880 bits per heavy atom. The molecule has 3 nitrogen and oxygen atoms in total. The Labute approximate surface area is 151 Å². The summed E-state index contributed by atoms with van der Waals surface area (Å²) < 4.78 is 0. The van der Waals surface area contributed by atoms with E-state index in [0.29, 0.717) is 5.02 Å². The van der Waals surface area contributed by atoms with Gasteiger partial charge < -0.3 is 5.32 Å². The van der Waals surface area contributed by atoms with E-state index in [1.165, 1.54) is 16.5 Å². The first-order chi connectivity index (χ1) is 12.3. The number of anilines is 2. The summed E-state index contributed by atoms with van der Waals surface area (Å²) in [6, 6.07) is 20.0. The van der Waals surface area contributed by atoms with E-state index in [1.807, 2.05) is 61.1 Å². The molecular formula is C21H16ClN3. The fourth-order valence-corrected chi connectivity index (χ4v) is 3.11. The highest BCUT2D eigenvalue weighted by atomic mass is 35.5. The van der Waals surface area contributed by atoms with E-state index >= 15 is 0 Å². The lowest BCUT2D eigenvalue weighted by atomic mass is 10.0. The molecule has 1 N–H and O–H groups in total. The van der Waals surface area contributed by atoms with Gasteiger partial charge in [-0.15, -0.1) is 0 Å². The molecule has 0 bridgehead atoms.